The van der Waals surface area contributed by atoms with Crippen molar-refractivity contribution >= 4 is 31.3 Å². The van der Waals surface area contributed by atoms with Crippen LogP contribution in [0.3, 0.4) is 0 Å². The summed E-state index contributed by atoms with van der Waals surface area (Å²) in [7, 11) is 1.51. The molecule has 1 rings (SSSR count). The minimum atomic E-state index is -3.77. The number of carbonyl (C=O) groups is 1. The highest BCUT2D eigenvalue weighted by Gasteiger charge is 2.14. The molecule has 0 atom stereocenters. The molecule has 0 aromatic heterocycles. The lowest BCUT2D eigenvalue weighted by Gasteiger charge is -2.10. The summed E-state index contributed by atoms with van der Waals surface area (Å²) >= 11 is 0. The van der Waals surface area contributed by atoms with E-state index < -0.39 is 9.05 Å². The number of anilines is 1. The Balaban J connectivity index is 2.77. The number of ether oxygens (including phenoxy) is 1. The maximum absolute atomic E-state index is 11.5. The lowest BCUT2D eigenvalue weighted by atomic mass is 10.2. The fraction of sp³-hybridized carbons (Fsp3) is 0.417. The van der Waals surface area contributed by atoms with Gasteiger partial charge >= 0.3 is 0 Å². The molecule has 1 amide bonds. The van der Waals surface area contributed by atoms with Crippen LogP contribution in [0.5, 0.6) is 0 Å². The molecular formula is C12H16ClNO4S. The largest absolute Gasteiger partial charge is 0.369 e. The Labute approximate surface area is 117 Å². The first-order valence-corrected chi connectivity index (χ1v) is 7.98. The molecular weight excluding hydrogens is 290 g/mol. The summed E-state index contributed by atoms with van der Waals surface area (Å²) in [5.41, 5.74) is 0.969. The van der Waals surface area contributed by atoms with Gasteiger partial charge in [-0.3, -0.25) is 4.79 Å². The van der Waals surface area contributed by atoms with Crippen molar-refractivity contribution in [2.75, 3.05) is 11.9 Å². The molecule has 0 saturated heterocycles. The zero-order chi connectivity index (χ0) is 14.6. The number of halogens is 1. The molecule has 0 saturated carbocycles. The molecule has 5 nitrogen and oxygen atoms in total. The van der Waals surface area contributed by atoms with Gasteiger partial charge in [0.15, 0.2) is 0 Å². The highest BCUT2D eigenvalue weighted by Crippen LogP contribution is 2.22. The van der Waals surface area contributed by atoms with Gasteiger partial charge in [0, 0.05) is 16.4 Å². The maximum Gasteiger partial charge on any atom is 0.261 e. The minimum absolute atomic E-state index is 0.0312. The zero-order valence-corrected chi connectivity index (χ0v) is 12.5. The Morgan fingerprint density at radius 2 is 2.05 bits per heavy atom. The number of rotatable bonds is 5. The first kappa shape index (κ1) is 15.9. The molecule has 1 N–H and O–H groups in total. The normalized spacial score (nSPS) is 11.6. The second-order valence-corrected chi connectivity index (χ2v) is 6.86. The molecule has 7 heteroatoms. The van der Waals surface area contributed by atoms with E-state index in [-0.39, 0.29) is 23.5 Å². The third-order valence-electron chi connectivity index (χ3n) is 2.27. The van der Waals surface area contributed by atoms with Crippen molar-refractivity contribution in [2.45, 2.75) is 31.8 Å². The van der Waals surface area contributed by atoms with Crippen molar-refractivity contribution < 1.29 is 17.9 Å². The predicted octanol–water partition coefficient (Wildman–Crippen LogP) is 2.29. The van der Waals surface area contributed by atoms with Gasteiger partial charge in [-0.1, -0.05) is 0 Å². The van der Waals surface area contributed by atoms with E-state index in [9.17, 15) is 13.2 Å². The van der Waals surface area contributed by atoms with Gasteiger partial charge < -0.3 is 10.1 Å². The molecule has 0 aliphatic rings. The number of benzene rings is 1. The van der Waals surface area contributed by atoms with E-state index >= 15 is 0 Å². The van der Waals surface area contributed by atoms with Crippen LogP contribution >= 0.6 is 10.7 Å². The van der Waals surface area contributed by atoms with Crippen LogP contribution in [-0.2, 0) is 18.6 Å². The first-order valence-electron chi connectivity index (χ1n) is 5.67. The van der Waals surface area contributed by atoms with Crippen LogP contribution in [0.4, 0.5) is 5.69 Å². The number of nitrogens with one attached hydrogen (secondary N) is 1. The van der Waals surface area contributed by atoms with Gasteiger partial charge in [-0.2, -0.15) is 0 Å². The lowest BCUT2D eigenvalue weighted by Crippen LogP contribution is -2.20. The number of hydrogen-bond acceptors (Lipinski definition) is 4. The number of aryl methyl sites for hydroxylation is 1. The third-order valence-corrected chi connectivity index (χ3v) is 3.75. The molecule has 0 unspecified atom stereocenters. The summed E-state index contributed by atoms with van der Waals surface area (Å²) in [6.07, 6.45) is -0.0312. The van der Waals surface area contributed by atoms with Gasteiger partial charge in [-0.15, -0.1) is 0 Å². The van der Waals surface area contributed by atoms with Crippen molar-refractivity contribution in [2.24, 2.45) is 0 Å². The summed E-state index contributed by atoms with van der Waals surface area (Å²) in [5, 5.41) is 2.61. The molecule has 0 bridgehead atoms. The molecule has 0 heterocycles. The van der Waals surface area contributed by atoms with Crippen LogP contribution in [0.1, 0.15) is 19.4 Å². The highest BCUT2D eigenvalue weighted by atomic mass is 35.7. The molecule has 0 spiro atoms. The van der Waals surface area contributed by atoms with Gasteiger partial charge in [-0.25, -0.2) is 8.42 Å². The molecule has 0 radical (unpaired) electrons. The van der Waals surface area contributed by atoms with Gasteiger partial charge in [0.25, 0.3) is 9.05 Å². The van der Waals surface area contributed by atoms with Crippen LogP contribution < -0.4 is 5.32 Å². The Morgan fingerprint density at radius 3 is 2.53 bits per heavy atom. The van der Waals surface area contributed by atoms with Crippen molar-refractivity contribution in [3.05, 3.63) is 23.8 Å². The van der Waals surface area contributed by atoms with Crippen LogP contribution in [0.15, 0.2) is 23.1 Å². The van der Waals surface area contributed by atoms with E-state index in [4.69, 9.17) is 15.4 Å². The van der Waals surface area contributed by atoms with Crippen molar-refractivity contribution in [3.63, 3.8) is 0 Å². The number of carbonyl (C=O) groups excluding carboxylic acids is 1. The lowest BCUT2D eigenvalue weighted by molar-refractivity contribution is -0.121. The Kier molecular flexibility index (Phi) is 5.34. The fourth-order valence-electron chi connectivity index (χ4n) is 1.44. The Morgan fingerprint density at radius 1 is 1.42 bits per heavy atom. The van der Waals surface area contributed by atoms with Crippen LogP contribution in [-0.4, -0.2) is 27.0 Å². The third kappa shape index (κ3) is 5.18. The van der Waals surface area contributed by atoms with E-state index in [1.165, 1.54) is 12.1 Å². The highest BCUT2D eigenvalue weighted by molar-refractivity contribution is 8.13. The maximum atomic E-state index is 11.5. The summed E-state index contributed by atoms with van der Waals surface area (Å²) < 4.78 is 27.6. The Bertz CT molecular complexity index is 569. The molecule has 1 aromatic carbocycles. The van der Waals surface area contributed by atoms with E-state index in [1.807, 2.05) is 13.8 Å². The predicted molar refractivity (Wildman–Crippen MR) is 73.9 cm³/mol. The molecule has 0 fully saturated rings. The van der Waals surface area contributed by atoms with Crippen LogP contribution in [0, 0.1) is 6.92 Å². The second-order valence-electron chi connectivity index (χ2n) is 4.33. The minimum Gasteiger partial charge on any atom is -0.369 e. The molecule has 19 heavy (non-hydrogen) atoms. The topological polar surface area (TPSA) is 72.5 Å². The van der Waals surface area contributed by atoms with Crippen molar-refractivity contribution in [1.29, 1.82) is 0 Å². The van der Waals surface area contributed by atoms with Crippen LogP contribution in [0.25, 0.3) is 0 Å². The van der Waals surface area contributed by atoms with Crippen molar-refractivity contribution in [3.8, 4) is 0 Å². The summed E-state index contributed by atoms with van der Waals surface area (Å²) in [6, 6.07) is 4.38. The standard InChI is InChI=1S/C12H16ClNO4S/c1-8(2)18-7-12(15)14-10-4-5-11(9(3)6-10)19(13,16)17/h4-6,8H,7H2,1-3H3,(H,14,15). The van der Waals surface area contributed by atoms with Gasteiger partial charge in [-0.05, 0) is 44.5 Å². The van der Waals surface area contributed by atoms with E-state index in [0.717, 1.165) is 0 Å². The van der Waals surface area contributed by atoms with Crippen molar-refractivity contribution in [1.82, 2.24) is 0 Å². The number of amides is 1. The first-order chi connectivity index (χ1) is 8.70. The van der Waals surface area contributed by atoms with Gasteiger partial charge in [0.1, 0.15) is 6.61 Å². The van der Waals surface area contributed by atoms with E-state index in [1.54, 1.807) is 13.0 Å². The van der Waals surface area contributed by atoms with Gasteiger partial charge in [0.2, 0.25) is 5.91 Å². The molecule has 0 aliphatic carbocycles. The number of hydrogen-bond donors (Lipinski definition) is 1. The monoisotopic (exact) mass is 305 g/mol. The summed E-state index contributed by atoms with van der Waals surface area (Å²) in [5.74, 6) is -0.297. The molecule has 1 aromatic rings. The zero-order valence-electron chi connectivity index (χ0n) is 10.9. The smallest absolute Gasteiger partial charge is 0.261 e. The van der Waals surface area contributed by atoms with Crippen LogP contribution in [0.2, 0.25) is 0 Å². The Hall–Kier alpha value is -1.11. The van der Waals surface area contributed by atoms with E-state index in [2.05, 4.69) is 5.32 Å². The molecule has 106 valence electrons. The van der Waals surface area contributed by atoms with Gasteiger partial charge in [0.05, 0.1) is 11.0 Å². The summed E-state index contributed by atoms with van der Waals surface area (Å²) in [4.78, 5) is 11.6. The fourth-order valence-corrected chi connectivity index (χ4v) is 2.63. The average molecular weight is 306 g/mol. The van der Waals surface area contributed by atoms with E-state index in [0.29, 0.717) is 11.3 Å². The molecule has 0 aliphatic heterocycles. The SMILES string of the molecule is Cc1cc(NC(=O)COC(C)C)ccc1S(=O)(=O)Cl. The quantitative estimate of drug-likeness (QED) is 0.847. The second kappa shape index (κ2) is 6.36. The average Bonchev–Trinajstić information content (AvgIpc) is 2.24. The summed E-state index contributed by atoms with van der Waals surface area (Å²) in [6.45, 7) is 5.22.